The van der Waals surface area contributed by atoms with Gasteiger partial charge in [0.25, 0.3) is 0 Å². The van der Waals surface area contributed by atoms with Crippen molar-refractivity contribution in [2.45, 2.75) is 142 Å². The maximum atomic E-state index is 6.63. The number of unbranched alkanes of at least 4 members (excludes halogenated alkanes) is 12. The van der Waals surface area contributed by atoms with Gasteiger partial charge in [-0.1, -0.05) is 96.8 Å². The lowest BCUT2D eigenvalue weighted by Crippen LogP contribution is -2.37. The lowest BCUT2D eigenvalue weighted by molar-refractivity contribution is -0.0926. The third-order valence-electron chi connectivity index (χ3n) is 5.90. The van der Waals surface area contributed by atoms with Crippen LogP contribution in [-0.4, -0.2) is 34.3 Å². The second-order valence-electron chi connectivity index (χ2n) is 9.69. The Morgan fingerprint density at radius 2 is 1.35 bits per heavy atom. The van der Waals surface area contributed by atoms with E-state index in [9.17, 15) is 0 Å². The first kappa shape index (κ1) is 30.7. The second kappa shape index (κ2) is 22.8. The summed E-state index contributed by atoms with van der Waals surface area (Å²) in [5.74, 6) is 2.63. The first-order valence-corrected chi connectivity index (χ1v) is 16.6. The van der Waals surface area contributed by atoms with Crippen molar-refractivity contribution < 1.29 is 9.16 Å². The van der Waals surface area contributed by atoms with Gasteiger partial charge < -0.3 is 14.5 Å². The molecule has 3 nitrogen and oxygen atoms in total. The molecule has 0 saturated heterocycles. The highest BCUT2D eigenvalue weighted by molar-refractivity contribution is 6.71. The van der Waals surface area contributed by atoms with E-state index in [4.69, 9.17) is 15.6 Å². The predicted molar refractivity (Wildman–Crippen MR) is 140 cm³/mol. The van der Waals surface area contributed by atoms with E-state index in [2.05, 4.69) is 38.2 Å². The number of rotatable bonds is 24. The zero-order valence-corrected chi connectivity index (χ0v) is 22.6. The number of ether oxygens (including phenoxy) is 1. The second-order valence-corrected chi connectivity index (χ2v) is 13.9. The minimum absolute atomic E-state index is 0.00364. The molecule has 1 atom stereocenters. The highest BCUT2D eigenvalue weighted by atomic mass is 28.4. The summed E-state index contributed by atoms with van der Waals surface area (Å²) < 4.78 is 12.9. The SMILES string of the molecule is C#CCNCCCCCC(OCCCCCCCC)O[Si](C)(C)CCCCCCCC. The molecule has 1 N–H and O–H groups in total. The summed E-state index contributed by atoms with van der Waals surface area (Å²) in [7, 11) is -1.67. The molecule has 0 heterocycles. The molecule has 0 aliphatic rings. The molecule has 1 unspecified atom stereocenters. The van der Waals surface area contributed by atoms with E-state index >= 15 is 0 Å². The van der Waals surface area contributed by atoms with Gasteiger partial charge in [0.2, 0.25) is 0 Å². The Morgan fingerprint density at radius 1 is 0.774 bits per heavy atom. The van der Waals surface area contributed by atoms with Crippen molar-refractivity contribution in [2.75, 3.05) is 19.7 Å². The van der Waals surface area contributed by atoms with Gasteiger partial charge in [-0.25, -0.2) is 0 Å². The Bertz CT molecular complexity index is 409. The number of hydrogen-bond acceptors (Lipinski definition) is 3. The zero-order valence-electron chi connectivity index (χ0n) is 21.6. The van der Waals surface area contributed by atoms with Crippen LogP contribution in [0.4, 0.5) is 0 Å². The molecule has 31 heavy (non-hydrogen) atoms. The normalized spacial score (nSPS) is 12.7. The molecule has 0 aromatic rings. The van der Waals surface area contributed by atoms with Crippen LogP contribution in [0, 0.1) is 12.3 Å². The molecule has 0 aliphatic carbocycles. The first-order chi connectivity index (χ1) is 15.1. The van der Waals surface area contributed by atoms with E-state index < -0.39 is 8.32 Å². The molecule has 0 rings (SSSR count). The lowest BCUT2D eigenvalue weighted by atomic mass is 10.1. The van der Waals surface area contributed by atoms with Crippen molar-refractivity contribution in [3.63, 3.8) is 0 Å². The average molecular weight is 454 g/mol. The summed E-state index contributed by atoms with van der Waals surface area (Å²) in [5, 5.41) is 3.27. The van der Waals surface area contributed by atoms with E-state index in [0.29, 0.717) is 6.54 Å². The van der Waals surface area contributed by atoms with Gasteiger partial charge in [-0.15, -0.1) is 6.42 Å². The van der Waals surface area contributed by atoms with Crippen molar-refractivity contribution >= 4 is 8.32 Å². The lowest BCUT2D eigenvalue weighted by Gasteiger charge is -2.29. The monoisotopic (exact) mass is 453 g/mol. The first-order valence-electron chi connectivity index (χ1n) is 13.5. The molecule has 0 aromatic carbocycles. The zero-order chi connectivity index (χ0) is 23.0. The van der Waals surface area contributed by atoms with Crippen LogP contribution in [0.3, 0.4) is 0 Å². The Labute approximate surface area is 197 Å². The maximum Gasteiger partial charge on any atom is 0.190 e. The van der Waals surface area contributed by atoms with Gasteiger partial charge >= 0.3 is 0 Å². The third kappa shape index (κ3) is 22.6. The quantitative estimate of drug-likeness (QED) is 0.0693. The molecule has 0 aromatic heterocycles. The van der Waals surface area contributed by atoms with Crippen LogP contribution in [0.25, 0.3) is 0 Å². The fourth-order valence-electron chi connectivity index (χ4n) is 3.92. The van der Waals surface area contributed by atoms with E-state index in [1.165, 1.54) is 102 Å². The van der Waals surface area contributed by atoms with Crippen LogP contribution < -0.4 is 5.32 Å². The Hall–Kier alpha value is -0.343. The third-order valence-corrected chi connectivity index (χ3v) is 8.36. The summed E-state index contributed by atoms with van der Waals surface area (Å²) in [5.41, 5.74) is 0. The van der Waals surface area contributed by atoms with Gasteiger partial charge in [-0.2, -0.15) is 0 Å². The summed E-state index contributed by atoms with van der Waals surface area (Å²) in [6.07, 6.45) is 25.8. The molecule has 0 saturated carbocycles. The molecular weight excluding hydrogens is 398 g/mol. The summed E-state index contributed by atoms with van der Waals surface area (Å²) in [6, 6.07) is 1.26. The molecular formula is C27H55NO2Si. The van der Waals surface area contributed by atoms with Crippen molar-refractivity contribution in [2.24, 2.45) is 0 Å². The molecule has 0 spiro atoms. The van der Waals surface area contributed by atoms with Crippen LogP contribution in [0.15, 0.2) is 0 Å². The summed E-state index contributed by atoms with van der Waals surface area (Å²) in [6.45, 7) is 11.8. The summed E-state index contributed by atoms with van der Waals surface area (Å²) in [4.78, 5) is 0. The predicted octanol–water partition coefficient (Wildman–Crippen LogP) is 8.06. The molecule has 184 valence electrons. The molecule has 4 heteroatoms. The molecule has 0 fully saturated rings. The largest absolute Gasteiger partial charge is 0.393 e. The fourth-order valence-corrected chi connectivity index (χ4v) is 6.03. The van der Waals surface area contributed by atoms with Crippen LogP contribution in [0.5, 0.6) is 0 Å². The van der Waals surface area contributed by atoms with Crippen LogP contribution in [0.1, 0.15) is 117 Å². The van der Waals surface area contributed by atoms with Gasteiger partial charge in [0.15, 0.2) is 8.32 Å². The average Bonchev–Trinajstić information content (AvgIpc) is 2.74. The van der Waals surface area contributed by atoms with Gasteiger partial charge in [0.1, 0.15) is 6.29 Å². The van der Waals surface area contributed by atoms with Crippen molar-refractivity contribution in [1.29, 1.82) is 0 Å². The van der Waals surface area contributed by atoms with E-state index in [1.54, 1.807) is 0 Å². The van der Waals surface area contributed by atoms with E-state index in [0.717, 1.165) is 19.6 Å². The van der Waals surface area contributed by atoms with Crippen molar-refractivity contribution in [1.82, 2.24) is 5.32 Å². The van der Waals surface area contributed by atoms with E-state index in [1.807, 2.05) is 0 Å². The standard InChI is InChI=1S/C27H55NO2Si/c1-6-9-11-13-15-20-25-29-27(22-18-17-19-24-28-23-8-3)30-31(4,5)26-21-16-14-12-10-7-2/h3,27-28H,6-7,9-26H2,1-2,4-5H3. The Kier molecular flexibility index (Phi) is 22.6. The van der Waals surface area contributed by atoms with Crippen molar-refractivity contribution in [3.8, 4) is 12.3 Å². The van der Waals surface area contributed by atoms with Crippen LogP contribution >= 0.6 is 0 Å². The number of hydrogen-bond donors (Lipinski definition) is 1. The smallest absolute Gasteiger partial charge is 0.190 e. The van der Waals surface area contributed by atoms with Gasteiger partial charge in [0.05, 0.1) is 6.54 Å². The number of terminal acetylenes is 1. The van der Waals surface area contributed by atoms with Crippen LogP contribution in [0.2, 0.25) is 19.1 Å². The highest BCUT2D eigenvalue weighted by Crippen LogP contribution is 2.22. The molecule has 0 aliphatic heterocycles. The molecule has 0 amide bonds. The topological polar surface area (TPSA) is 30.5 Å². The molecule has 0 radical (unpaired) electrons. The Morgan fingerprint density at radius 3 is 2.00 bits per heavy atom. The van der Waals surface area contributed by atoms with Gasteiger partial charge in [-0.05, 0) is 51.4 Å². The van der Waals surface area contributed by atoms with Gasteiger partial charge in [0, 0.05) is 6.61 Å². The Balaban J connectivity index is 4.21. The number of nitrogens with one attached hydrogen (secondary N) is 1. The van der Waals surface area contributed by atoms with Crippen LogP contribution in [-0.2, 0) is 9.16 Å². The minimum Gasteiger partial charge on any atom is -0.393 e. The van der Waals surface area contributed by atoms with E-state index in [-0.39, 0.29) is 6.29 Å². The maximum absolute atomic E-state index is 6.63. The highest BCUT2D eigenvalue weighted by Gasteiger charge is 2.26. The minimum atomic E-state index is -1.67. The summed E-state index contributed by atoms with van der Waals surface area (Å²) >= 11 is 0. The molecule has 0 bridgehead atoms. The van der Waals surface area contributed by atoms with Crippen molar-refractivity contribution in [3.05, 3.63) is 0 Å². The van der Waals surface area contributed by atoms with Gasteiger partial charge in [-0.3, -0.25) is 0 Å². The fraction of sp³-hybridized carbons (Fsp3) is 0.926.